The summed E-state index contributed by atoms with van der Waals surface area (Å²) in [4.78, 5) is 11.3. The molecule has 1 aromatic rings. The minimum absolute atomic E-state index is 0. The number of halogens is 2. The third-order valence-corrected chi connectivity index (χ3v) is 4.73. The van der Waals surface area contributed by atoms with E-state index in [-0.39, 0.29) is 24.0 Å². The second-order valence-corrected chi connectivity index (χ2v) is 6.73. The van der Waals surface area contributed by atoms with E-state index in [1.807, 2.05) is 18.3 Å². The van der Waals surface area contributed by atoms with Crippen molar-refractivity contribution in [1.82, 2.24) is 20.5 Å². The van der Waals surface area contributed by atoms with Crippen molar-refractivity contribution < 1.29 is 0 Å². The fourth-order valence-corrected chi connectivity index (χ4v) is 3.18. The molecule has 1 heterocycles. The van der Waals surface area contributed by atoms with E-state index in [0.29, 0.717) is 5.15 Å². The highest BCUT2D eigenvalue weighted by molar-refractivity contribution is 14.0. The van der Waals surface area contributed by atoms with Crippen molar-refractivity contribution in [2.24, 2.45) is 4.99 Å². The van der Waals surface area contributed by atoms with Crippen LogP contribution in [-0.2, 0) is 6.42 Å². The van der Waals surface area contributed by atoms with Crippen LogP contribution in [0.15, 0.2) is 23.3 Å². The van der Waals surface area contributed by atoms with Gasteiger partial charge in [-0.1, -0.05) is 30.5 Å². The van der Waals surface area contributed by atoms with Gasteiger partial charge in [0.05, 0.1) is 6.54 Å². The molecule has 142 valence electrons. The van der Waals surface area contributed by atoms with Gasteiger partial charge in [-0.3, -0.25) is 4.99 Å². The van der Waals surface area contributed by atoms with Gasteiger partial charge in [0.25, 0.3) is 0 Å². The normalized spacial score (nSPS) is 15.3. The van der Waals surface area contributed by atoms with Crippen LogP contribution in [0.4, 0.5) is 0 Å². The van der Waals surface area contributed by atoms with E-state index in [9.17, 15) is 0 Å². The van der Waals surface area contributed by atoms with E-state index in [1.54, 1.807) is 0 Å². The second-order valence-electron chi connectivity index (χ2n) is 6.35. The van der Waals surface area contributed by atoms with E-state index in [2.05, 4.69) is 39.5 Å². The number of aliphatic imine (C=N–C) groups is 1. The van der Waals surface area contributed by atoms with Crippen LogP contribution in [0, 0.1) is 0 Å². The molecule has 25 heavy (non-hydrogen) atoms. The Hall–Kier alpha value is -0.600. The molecular weight excluding hydrogens is 449 g/mol. The average Bonchev–Trinajstić information content (AvgIpc) is 3.11. The largest absolute Gasteiger partial charge is 0.357 e. The van der Waals surface area contributed by atoms with Gasteiger partial charge in [0.2, 0.25) is 0 Å². The molecule has 0 unspecified atom stereocenters. The Kier molecular flexibility index (Phi) is 11.4. The summed E-state index contributed by atoms with van der Waals surface area (Å²) in [6.45, 7) is 5.62. The van der Waals surface area contributed by atoms with Crippen molar-refractivity contribution in [2.75, 3.05) is 33.2 Å². The lowest BCUT2D eigenvalue weighted by Crippen LogP contribution is -2.39. The molecule has 0 saturated heterocycles. The lowest BCUT2D eigenvalue weighted by atomic mass is 10.2. The van der Waals surface area contributed by atoms with E-state index < -0.39 is 0 Å². The summed E-state index contributed by atoms with van der Waals surface area (Å²) < 4.78 is 0. The third kappa shape index (κ3) is 8.55. The molecule has 0 aliphatic heterocycles. The third-order valence-electron chi connectivity index (χ3n) is 4.51. The first-order valence-electron chi connectivity index (χ1n) is 9.02. The SMILES string of the molecule is CCNC(=NCCN(C)C1CCCC1)NCCc1ccc(Cl)nc1.I. The van der Waals surface area contributed by atoms with Crippen molar-refractivity contribution in [3.8, 4) is 0 Å². The van der Waals surface area contributed by atoms with Gasteiger partial charge in [-0.15, -0.1) is 24.0 Å². The molecule has 2 N–H and O–H groups in total. The van der Waals surface area contributed by atoms with Crippen LogP contribution in [0.1, 0.15) is 38.2 Å². The van der Waals surface area contributed by atoms with Crippen molar-refractivity contribution in [3.05, 3.63) is 29.0 Å². The molecule has 0 atom stereocenters. The maximum absolute atomic E-state index is 5.81. The zero-order valence-corrected chi connectivity index (χ0v) is 18.4. The summed E-state index contributed by atoms with van der Waals surface area (Å²) >= 11 is 5.81. The number of aromatic nitrogens is 1. The summed E-state index contributed by atoms with van der Waals surface area (Å²) in [7, 11) is 2.22. The highest BCUT2D eigenvalue weighted by Gasteiger charge is 2.18. The second kappa shape index (κ2) is 12.7. The molecule has 1 aliphatic rings. The summed E-state index contributed by atoms with van der Waals surface area (Å²) in [6, 6.07) is 4.60. The molecule has 2 rings (SSSR count). The van der Waals surface area contributed by atoms with Crippen molar-refractivity contribution in [1.29, 1.82) is 0 Å². The molecule has 1 saturated carbocycles. The number of rotatable bonds is 8. The molecular formula is C18H31ClIN5. The maximum atomic E-state index is 5.81. The van der Waals surface area contributed by atoms with Gasteiger partial charge in [-0.25, -0.2) is 4.98 Å². The Morgan fingerprint density at radius 1 is 1.32 bits per heavy atom. The maximum Gasteiger partial charge on any atom is 0.191 e. The Morgan fingerprint density at radius 3 is 2.72 bits per heavy atom. The van der Waals surface area contributed by atoms with Crippen molar-refractivity contribution >= 4 is 41.5 Å². The lowest BCUT2D eigenvalue weighted by molar-refractivity contribution is 0.252. The fraction of sp³-hybridized carbons (Fsp3) is 0.667. The van der Waals surface area contributed by atoms with Crippen LogP contribution in [0.2, 0.25) is 5.15 Å². The molecule has 0 aromatic carbocycles. The van der Waals surface area contributed by atoms with Crippen molar-refractivity contribution in [2.45, 2.75) is 45.1 Å². The molecule has 5 nitrogen and oxygen atoms in total. The summed E-state index contributed by atoms with van der Waals surface area (Å²) in [6.07, 6.45) is 8.16. The average molecular weight is 480 g/mol. The Morgan fingerprint density at radius 2 is 2.08 bits per heavy atom. The summed E-state index contributed by atoms with van der Waals surface area (Å²) in [5.74, 6) is 0.888. The van der Waals surface area contributed by atoms with E-state index in [4.69, 9.17) is 11.6 Å². The number of pyridine rings is 1. The lowest BCUT2D eigenvalue weighted by Gasteiger charge is -2.23. The van der Waals surface area contributed by atoms with Crippen LogP contribution in [0.3, 0.4) is 0 Å². The minimum atomic E-state index is 0. The van der Waals surface area contributed by atoms with Gasteiger partial charge in [-0.05, 0) is 44.9 Å². The van der Waals surface area contributed by atoms with E-state index >= 15 is 0 Å². The summed E-state index contributed by atoms with van der Waals surface area (Å²) in [5, 5.41) is 7.23. The highest BCUT2D eigenvalue weighted by Crippen LogP contribution is 2.21. The van der Waals surface area contributed by atoms with Crippen LogP contribution in [0.5, 0.6) is 0 Å². The van der Waals surface area contributed by atoms with Gasteiger partial charge in [-0.2, -0.15) is 0 Å². The molecule has 1 aliphatic carbocycles. The number of likely N-dealkylation sites (N-methyl/N-ethyl adjacent to an activating group) is 1. The van der Waals surface area contributed by atoms with Gasteiger partial charge in [0, 0.05) is 31.9 Å². The first-order chi connectivity index (χ1) is 11.7. The topological polar surface area (TPSA) is 52.6 Å². The van der Waals surface area contributed by atoms with Crippen LogP contribution in [-0.4, -0.2) is 55.1 Å². The Balaban J connectivity index is 0.00000312. The van der Waals surface area contributed by atoms with E-state index in [1.165, 1.54) is 31.2 Å². The zero-order valence-electron chi connectivity index (χ0n) is 15.3. The minimum Gasteiger partial charge on any atom is -0.357 e. The van der Waals surface area contributed by atoms with Gasteiger partial charge in [0.1, 0.15) is 5.15 Å². The number of nitrogens with zero attached hydrogens (tertiary/aromatic N) is 3. The fourth-order valence-electron chi connectivity index (χ4n) is 3.07. The predicted octanol–water partition coefficient (Wildman–Crippen LogP) is 3.33. The molecule has 0 spiro atoms. The van der Waals surface area contributed by atoms with Gasteiger partial charge < -0.3 is 15.5 Å². The standard InChI is InChI=1S/C18H30ClN5.HI/c1-3-20-18(21-11-10-15-8-9-17(19)23-14-15)22-12-13-24(2)16-6-4-5-7-16;/h8-9,14,16H,3-7,10-13H2,1-2H3,(H2,20,21,22);1H. The summed E-state index contributed by atoms with van der Waals surface area (Å²) in [5.41, 5.74) is 1.17. The van der Waals surface area contributed by atoms with Crippen LogP contribution in [0.25, 0.3) is 0 Å². The molecule has 0 bridgehead atoms. The number of nitrogens with one attached hydrogen (secondary N) is 2. The number of guanidine groups is 1. The van der Waals surface area contributed by atoms with Crippen LogP contribution < -0.4 is 10.6 Å². The number of hydrogen-bond donors (Lipinski definition) is 2. The Bertz CT molecular complexity index is 503. The quantitative estimate of drug-likeness (QED) is 0.260. The van der Waals surface area contributed by atoms with Gasteiger partial charge >= 0.3 is 0 Å². The zero-order chi connectivity index (χ0) is 17.2. The monoisotopic (exact) mass is 479 g/mol. The Labute approximate surface area is 174 Å². The van der Waals surface area contributed by atoms with Crippen LogP contribution >= 0.6 is 35.6 Å². The molecule has 7 heteroatoms. The molecule has 1 aromatic heterocycles. The molecule has 1 fully saturated rings. The highest BCUT2D eigenvalue weighted by atomic mass is 127. The first-order valence-corrected chi connectivity index (χ1v) is 9.39. The predicted molar refractivity (Wildman–Crippen MR) is 117 cm³/mol. The van der Waals surface area contributed by atoms with E-state index in [0.717, 1.165) is 44.6 Å². The molecule has 0 radical (unpaired) electrons. The first kappa shape index (κ1) is 22.4. The smallest absolute Gasteiger partial charge is 0.191 e. The number of hydrogen-bond acceptors (Lipinski definition) is 3. The molecule has 0 amide bonds. The van der Waals surface area contributed by atoms with Gasteiger partial charge in [0.15, 0.2) is 5.96 Å². The van der Waals surface area contributed by atoms with Crippen molar-refractivity contribution in [3.63, 3.8) is 0 Å².